The molecular formula is C29H34N2O2S2. The van der Waals surface area contributed by atoms with E-state index in [0.717, 1.165) is 33.5 Å². The number of hydrogen-bond acceptors (Lipinski definition) is 5. The highest BCUT2D eigenvalue weighted by molar-refractivity contribution is 8.01. The third-order valence-corrected chi connectivity index (χ3v) is 9.11. The van der Waals surface area contributed by atoms with Gasteiger partial charge in [0.25, 0.3) is 0 Å². The largest absolute Gasteiger partial charge is 0.478 e. The molecule has 1 aliphatic rings. The standard InChI is InChI=1S/C29H34N2O2S2/c1-19-30-31-27(35-19)34-16-6-7-22-17-24-25(29(4,5)15-14-28(24,2)3)18-23(22)13-10-20-8-11-21(12-9-20)26(32)33/h8-13,17-18H,6-7,14-16H2,1-5H3,(H,32,33)/b13-10+. The Hall–Kier alpha value is -2.44. The Morgan fingerprint density at radius 2 is 1.69 bits per heavy atom. The maximum absolute atomic E-state index is 11.2. The number of thioether (sulfide) groups is 1. The highest BCUT2D eigenvalue weighted by Crippen LogP contribution is 2.47. The van der Waals surface area contributed by atoms with Gasteiger partial charge < -0.3 is 5.11 Å². The van der Waals surface area contributed by atoms with Crippen LogP contribution < -0.4 is 0 Å². The SMILES string of the molecule is Cc1nnc(SCCCc2cc3c(cc2/C=C/c2ccc(C(=O)O)cc2)C(C)(C)CCC3(C)C)s1. The van der Waals surface area contributed by atoms with Crippen LogP contribution in [0.25, 0.3) is 12.2 Å². The average Bonchev–Trinajstić information content (AvgIpc) is 3.23. The number of carboxylic acids is 1. The summed E-state index contributed by atoms with van der Waals surface area (Å²) in [6.07, 6.45) is 8.75. The lowest BCUT2D eigenvalue weighted by molar-refractivity contribution is 0.0697. The number of carbonyl (C=O) groups is 1. The van der Waals surface area contributed by atoms with E-state index in [0.29, 0.717) is 5.56 Å². The first-order valence-electron chi connectivity index (χ1n) is 12.2. The topological polar surface area (TPSA) is 63.1 Å². The Bertz CT molecular complexity index is 1240. The molecule has 0 fully saturated rings. The second-order valence-electron chi connectivity index (χ2n) is 10.7. The van der Waals surface area contributed by atoms with Crippen LogP contribution in [0.15, 0.2) is 40.7 Å². The normalized spacial score (nSPS) is 16.4. The third-order valence-electron chi connectivity index (χ3n) is 7.05. The van der Waals surface area contributed by atoms with Crippen LogP contribution in [0.3, 0.4) is 0 Å². The fourth-order valence-electron chi connectivity index (χ4n) is 4.73. The van der Waals surface area contributed by atoms with Crippen molar-refractivity contribution in [3.63, 3.8) is 0 Å². The number of aromatic nitrogens is 2. The van der Waals surface area contributed by atoms with E-state index in [9.17, 15) is 9.90 Å². The van der Waals surface area contributed by atoms with Crippen molar-refractivity contribution in [1.82, 2.24) is 10.2 Å². The molecule has 4 rings (SSSR count). The van der Waals surface area contributed by atoms with Gasteiger partial charge in [0.2, 0.25) is 0 Å². The molecule has 0 atom stereocenters. The molecule has 1 aromatic heterocycles. The molecule has 0 saturated carbocycles. The number of fused-ring (bicyclic) bond motifs is 1. The van der Waals surface area contributed by atoms with Gasteiger partial charge in [0.15, 0.2) is 4.34 Å². The van der Waals surface area contributed by atoms with Gasteiger partial charge in [0.05, 0.1) is 5.56 Å². The average molecular weight is 507 g/mol. The fourth-order valence-corrected chi connectivity index (χ4v) is 6.55. The van der Waals surface area contributed by atoms with Crippen molar-refractivity contribution in [3.8, 4) is 0 Å². The summed E-state index contributed by atoms with van der Waals surface area (Å²) in [5, 5.41) is 18.5. The summed E-state index contributed by atoms with van der Waals surface area (Å²) in [5.74, 6) is 0.115. The van der Waals surface area contributed by atoms with Crippen LogP contribution in [-0.2, 0) is 17.3 Å². The zero-order chi connectivity index (χ0) is 25.2. The van der Waals surface area contributed by atoms with Gasteiger partial charge in [-0.15, -0.1) is 10.2 Å². The minimum absolute atomic E-state index is 0.153. The third kappa shape index (κ3) is 6.04. The quantitative estimate of drug-likeness (QED) is 0.192. The summed E-state index contributed by atoms with van der Waals surface area (Å²) in [6.45, 7) is 11.5. The zero-order valence-corrected chi connectivity index (χ0v) is 22.9. The first-order valence-corrected chi connectivity index (χ1v) is 14.0. The van der Waals surface area contributed by atoms with Crippen LogP contribution >= 0.6 is 23.1 Å². The van der Waals surface area contributed by atoms with Crippen LogP contribution in [-0.4, -0.2) is 27.0 Å². The van der Waals surface area contributed by atoms with Crippen molar-refractivity contribution in [2.75, 3.05) is 5.75 Å². The number of benzene rings is 2. The van der Waals surface area contributed by atoms with Gasteiger partial charge in [-0.25, -0.2) is 4.79 Å². The van der Waals surface area contributed by atoms with E-state index in [2.05, 4.69) is 62.2 Å². The highest BCUT2D eigenvalue weighted by atomic mass is 32.2. The van der Waals surface area contributed by atoms with Gasteiger partial charge in [-0.05, 0) is 83.4 Å². The summed E-state index contributed by atoms with van der Waals surface area (Å²) >= 11 is 3.44. The Morgan fingerprint density at radius 1 is 1.03 bits per heavy atom. The minimum Gasteiger partial charge on any atom is -0.478 e. The Kier molecular flexibility index (Phi) is 7.53. The smallest absolute Gasteiger partial charge is 0.335 e. The summed E-state index contributed by atoms with van der Waals surface area (Å²) < 4.78 is 1.04. The number of nitrogens with zero attached hydrogens (tertiary/aromatic N) is 2. The van der Waals surface area contributed by atoms with Crippen molar-refractivity contribution in [2.45, 2.75) is 75.5 Å². The molecule has 4 nitrogen and oxygen atoms in total. The van der Waals surface area contributed by atoms with E-state index in [4.69, 9.17) is 0 Å². The molecule has 184 valence electrons. The molecule has 2 aromatic carbocycles. The number of aryl methyl sites for hydroxylation is 2. The number of hydrogen-bond donors (Lipinski definition) is 1. The molecule has 0 unspecified atom stereocenters. The Balaban J connectivity index is 1.62. The molecule has 3 aromatic rings. The fraction of sp³-hybridized carbons (Fsp3) is 0.414. The maximum atomic E-state index is 11.2. The van der Waals surface area contributed by atoms with Gasteiger partial charge >= 0.3 is 5.97 Å². The first kappa shape index (κ1) is 25.6. The molecule has 0 spiro atoms. The predicted molar refractivity (Wildman–Crippen MR) is 148 cm³/mol. The molecule has 0 radical (unpaired) electrons. The Labute approximate surface area is 216 Å². The van der Waals surface area contributed by atoms with E-state index in [1.165, 1.54) is 35.1 Å². The molecule has 1 aliphatic carbocycles. The summed E-state index contributed by atoms with van der Waals surface area (Å²) in [5.41, 5.74) is 7.21. The van der Waals surface area contributed by atoms with Crippen molar-refractivity contribution in [1.29, 1.82) is 0 Å². The second-order valence-corrected chi connectivity index (χ2v) is 13.2. The van der Waals surface area contributed by atoms with Gasteiger partial charge in [-0.1, -0.05) is 87.2 Å². The predicted octanol–water partition coefficient (Wildman–Crippen LogP) is 7.79. The molecule has 0 saturated heterocycles. The lowest BCUT2D eigenvalue weighted by atomic mass is 9.62. The van der Waals surface area contributed by atoms with Crippen LogP contribution in [0.4, 0.5) is 0 Å². The summed E-state index contributed by atoms with van der Waals surface area (Å²) in [4.78, 5) is 11.2. The van der Waals surface area contributed by atoms with Crippen molar-refractivity contribution in [3.05, 3.63) is 74.8 Å². The first-order chi connectivity index (χ1) is 16.5. The van der Waals surface area contributed by atoms with Gasteiger partial charge in [-0.2, -0.15) is 0 Å². The summed E-state index contributed by atoms with van der Waals surface area (Å²) in [6, 6.07) is 11.9. The lowest BCUT2D eigenvalue weighted by Gasteiger charge is -2.42. The molecule has 35 heavy (non-hydrogen) atoms. The van der Waals surface area contributed by atoms with E-state index in [1.54, 1.807) is 35.2 Å². The molecule has 1 N–H and O–H groups in total. The van der Waals surface area contributed by atoms with E-state index >= 15 is 0 Å². The lowest BCUT2D eigenvalue weighted by Crippen LogP contribution is -2.34. The van der Waals surface area contributed by atoms with Crippen molar-refractivity contribution >= 4 is 41.2 Å². The van der Waals surface area contributed by atoms with Crippen LogP contribution in [0.1, 0.15) is 90.1 Å². The monoisotopic (exact) mass is 506 g/mol. The number of rotatable bonds is 8. The van der Waals surface area contributed by atoms with Crippen molar-refractivity contribution < 1.29 is 9.90 Å². The second kappa shape index (κ2) is 10.3. The van der Waals surface area contributed by atoms with Gasteiger partial charge in [0, 0.05) is 5.75 Å². The highest BCUT2D eigenvalue weighted by Gasteiger charge is 2.37. The van der Waals surface area contributed by atoms with Gasteiger partial charge in [0.1, 0.15) is 5.01 Å². The number of carboxylic acid groups (broad SMARTS) is 1. The van der Waals surface area contributed by atoms with Crippen LogP contribution in [0.5, 0.6) is 0 Å². The zero-order valence-electron chi connectivity index (χ0n) is 21.2. The summed E-state index contributed by atoms with van der Waals surface area (Å²) in [7, 11) is 0. The minimum atomic E-state index is -0.899. The number of aromatic carboxylic acids is 1. The molecular weight excluding hydrogens is 472 g/mol. The Morgan fingerprint density at radius 3 is 2.29 bits per heavy atom. The van der Waals surface area contributed by atoms with Crippen molar-refractivity contribution in [2.24, 2.45) is 0 Å². The van der Waals surface area contributed by atoms with Gasteiger partial charge in [-0.3, -0.25) is 0 Å². The molecule has 1 heterocycles. The molecule has 0 bridgehead atoms. The van der Waals surface area contributed by atoms with E-state index < -0.39 is 5.97 Å². The molecule has 0 aliphatic heterocycles. The van der Waals surface area contributed by atoms with E-state index in [-0.39, 0.29) is 10.8 Å². The van der Waals surface area contributed by atoms with E-state index in [1.807, 2.05) is 19.1 Å². The molecule has 0 amide bonds. The van der Waals surface area contributed by atoms with Crippen LogP contribution in [0, 0.1) is 6.92 Å². The maximum Gasteiger partial charge on any atom is 0.335 e. The molecule has 6 heteroatoms. The van der Waals surface area contributed by atoms with Crippen LogP contribution in [0.2, 0.25) is 0 Å².